The number of nitrogens with zero attached hydrogens (tertiary/aromatic N) is 2. The second-order valence-corrected chi connectivity index (χ2v) is 21.0. The van der Waals surface area contributed by atoms with Gasteiger partial charge in [0.2, 0.25) is 0 Å². The van der Waals surface area contributed by atoms with Crippen molar-refractivity contribution < 1.29 is 0 Å². The summed E-state index contributed by atoms with van der Waals surface area (Å²) >= 11 is 0. The van der Waals surface area contributed by atoms with Crippen molar-refractivity contribution in [3.05, 3.63) is 328 Å². The fourth-order valence-corrected chi connectivity index (χ4v) is 12.9. The lowest BCUT2D eigenvalue weighted by atomic mass is 9.65. The fourth-order valence-electron chi connectivity index (χ4n) is 12.9. The molecule has 0 fully saturated rings. The van der Waals surface area contributed by atoms with Crippen LogP contribution in [0.25, 0.3) is 111 Å². The third-order valence-corrected chi connectivity index (χ3v) is 16.3. The fraction of sp³-hybridized carbons (Fsp3) is 0. The first-order valence-corrected chi connectivity index (χ1v) is 28.3. The highest BCUT2D eigenvalue weighted by atomic mass is 15.1. The van der Waals surface area contributed by atoms with E-state index in [9.17, 15) is 0 Å². The molecule has 0 bridgehead atoms. The maximum atomic E-state index is 2.47. The van der Waals surface area contributed by atoms with Crippen molar-refractivity contribution in [2.75, 3.05) is 9.80 Å². The second kappa shape index (κ2) is 20.8. The van der Waals surface area contributed by atoms with E-state index in [1.54, 1.807) is 0 Å². The highest BCUT2D eigenvalue weighted by molar-refractivity contribution is 6.33. The minimum atomic E-state index is 1.07. The predicted octanol–water partition coefficient (Wildman–Crippen LogP) is 22.6. The Bertz CT molecular complexity index is 4320. The van der Waals surface area contributed by atoms with Crippen molar-refractivity contribution in [1.82, 2.24) is 0 Å². The van der Waals surface area contributed by atoms with Gasteiger partial charge in [-0.05, 0) is 160 Å². The summed E-state index contributed by atoms with van der Waals surface area (Å²) in [4.78, 5) is 4.89. The molecule has 0 radical (unpaired) electrons. The van der Waals surface area contributed by atoms with Crippen molar-refractivity contribution in [2.24, 2.45) is 0 Å². The van der Waals surface area contributed by atoms with Gasteiger partial charge in [-0.2, -0.15) is 0 Å². The van der Waals surface area contributed by atoms with Crippen LogP contribution in [0.15, 0.2) is 328 Å². The molecule has 1 aliphatic carbocycles. The number of benzene rings is 14. The molecule has 0 N–H and O–H groups in total. The molecule has 0 saturated carbocycles. The molecule has 0 aliphatic heterocycles. The van der Waals surface area contributed by atoms with Gasteiger partial charge >= 0.3 is 0 Å². The molecular weight excluding hydrogens is 989 g/mol. The number of rotatable bonds is 12. The van der Waals surface area contributed by atoms with Gasteiger partial charge in [0.05, 0.1) is 11.4 Å². The zero-order valence-corrected chi connectivity index (χ0v) is 45.1. The average Bonchev–Trinajstić information content (AvgIpc) is 1.26. The number of hydrogen-bond acceptors (Lipinski definition) is 2. The third-order valence-electron chi connectivity index (χ3n) is 16.3. The normalized spacial score (nSPS) is 11.4. The summed E-state index contributed by atoms with van der Waals surface area (Å²) in [6.45, 7) is 0. The largest absolute Gasteiger partial charge is 0.310 e. The van der Waals surface area contributed by atoms with Gasteiger partial charge in [-0.25, -0.2) is 0 Å². The van der Waals surface area contributed by atoms with Crippen LogP contribution in [0.4, 0.5) is 34.1 Å². The minimum absolute atomic E-state index is 1.07. The lowest BCUT2D eigenvalue weighted by Crippen LogP contribution is -2.13. The molecule has 384 valence electrons. The van der Waals surface area contributed by atoms with E-state index in [2.05, 4.69) is 337 Å². The van der Waals surface area contributed by atoms with Crippen LogP contribution in [0, 0.1) is 0 Å². The Balaban J connectivity index is 1.08. The van der Waals surface area contributed by atoms with Gasteiger partial charge in [-0.1, -0.05) is 267 Å². The average molecular weight is 1040 g/mol. The van der Waals surface area contributed by atoms with E-state index in [0.717, 1.165) is 45.3 Å². The van der Waals surface area contributed by atoms with Crippen LogP contribution in [-0.2, 0) is 0 Å². The van der Waals surface area contributed by atoms with Gasteiger partial charge in [-0.15, -0.1) is 0 Å². The molecule has 0 spiro atoms. The van der Waals surface area contributed by atoms with E-state index < -0.39 is 0 Å². The van der Waals surface area contributed by atoms with Gasteiger partial charge in [0.25, 0.3) is 0 Å². The van der Waals surface area contributed by atoms with Gasteiger partial charge in [0.1, 0.15) is 0 Å². The Kier molecular flexibility index (Phi) is 12.2. The SMILES string of the molecule is c1ccc(-c2ccccc2N(c2ccccc2)c2ccc3c(-c4ccccc4)c4c(c(-c5ccccc5)c3c2)-c2c-4c(-c3ccccc3)c3ccc(N(c4ccccc4)c4ccccc4-c4ccccc4)cc3c2-c2ccccc2)cc1. The predicted molar refractivity (Wildman–Crippen MR) is 348 cm³/mol. The summed E-state index contributed by atoms with van der Waals surface area (Å²) in [5.41, 5.74) is 25.9. The summed E-state index contributed by atoms with van der Waals surface area (Å²) in [6.07, 6.45) is 0. The van der Waals surface area contributed by atoms with Crippen LogP contribution in [0.1, 0.15) is 0 Å². The molecule has 1 aliphatic rings. The lowest BCUT2D eigenvalue weighted by Gasteiger charge is -2.38. The monoisotopic (exact) mass is 1040 g/mol. The maximum Gasteiger partial charge on any atom is 0.0540 e. The Labute approximate surface area is 479 Å². The molecule has 0 unspecified atom stereocenters. The van der Waals surface area contributed by atoms with E-state index in [1.165, 1.54) is 99.4 Å². The highest BCUT2D eigenvalue weighted by Crippen LogP contribution is 2.66. The maximum absolute atomic E-state index is 2.47. The molecule has 0 heterocycles. The Morgan fingerprint density at radius 3 is 0.707 bits per heavy atom. The summed E-state index contributed by atoms with van der Waals surface area (Å²) in [7, 11) is 0. The quantitative estimate of drug-likeness (QED) is 0.120. The van der Waals surface area contributed by atoms with Crippen LogP contribution >= 0.6 is 0 Å². The van der Waals surface area contributed by atoms with Crippen molar-refractivity contribution in [3.63, 3.8) is 0 Å². The molecule has 15 rings (SSSR count). The molecule has 2 heteroatoms. The van der Waals surface area contributed by atoms with Gasteiger partial charge in [-0.3, -0.25) is 0 Å². The Morgan fingerprint density at radius 1 is 0.159 bits per heavy atom. The summed E-state index contributed by atoms with van der Waals surface area (Å²) in [5, 5.41) is 4.78. The molecular formula is C80H54N2. The first kappa shape index (κ1) is 48.3. The molecule has 0 amide bonds. The van der Waals surface area contributed by atoms with Crippen molar-refractivity contribution >= 4 is 55.7 Å². The molecule has 82 heavy (non-hydrogen) atoms. The molecule has 0 aromatic heterocycles. The highest BCUT2D eigenvalue weighted by Gasteiger charge is 2.39. The van der Waals surface area contributed by atoms with Crippen LogP contribution in [0.2, 0.25) is 0 Å². The van der Waals surface area contributed by atoms with Gasteiger partial charge < -0.3 is 9.80 Å². The summed E-state index contributed by atoms with van der Waals surface area (Å²) < 4.78 is 0. The minimum Gasteiger partial charge on any atom is -0.310 e. The summed E-state index contributed by atoms with van der Waals surface area (Å²) in [6, 6.07) is 120. The topological polar surface area (TPSA) is 6.48 Å². The number of para-hydroxylation sites is 4. The zero-order chi connectivity index (χ0) is 54.3. The molecule has 14 aromatic carbocycles. The zero-order valence-electron chi connectivity index (χ0n) is 45.1. The van der Waals surface area contributed by atoms with Crippen LogP contribution in [-0.4, -0.2) is 0 Å². The Hall–Kier alpha value is -10.8. The van der Waals surface area contributed by atoms with E-state index in [-0.39, 0.29) is 0 Å². The molecule has 0 saturated heterocycles. The van der Waals surface area contributed by atoms with E-state index >= 15 is 0 Å². The molecule has 2 nitrogen and oxygen atoms in total. The molecule has 14 aromatic rings. The standard InChI is InChI=1S/C80H54N2/c1-9-29-55(30-10-1)65-45-25-27-47-71(65)81(61-41-21-7-22-42-61)63-49-51-67-69(53-63)75(59-37-17-5-18-38-59)79-77(73(67)57-33-13-3-14-34-57)78-74(58-35-15-4-16-36-58)68-52-50-64(54-70(68)76(80(78)79)60-39-19-6-20-40-60)82(62-43-23-8-24-44-62)72-48-28-26-46-66(72)56-31-11-2-12-32-56/h1-54H. The number of fused-ring (bicyclic) bond motifs is 6. The van der Waals surface area contributed by atoms with E-state index in [0.29, 0.717) is 0 Å². The molecule has 0 atom stereocenters. The van der Waals surface area contributed by atoms with Gasteiger partial charge in [0, 0.05) is 33.9 Å². The third kappa shape index (κ3) is 8.28. The van der Waals surface area contributed by atoms with Crippen molar-refractivity contribution in [1.29, 1.82) is 0 Å². The lowest BCUT2D eigenvalue weighted by molar-refractivity contribution is 1.29. The van der Waals surface area contributed by atoms with E-state index in [4.69, 9.17) is 0 Å². The van der Waals surface area contributed by atoms with Crippen molar-refractivity contribution in [3.8, 4) is 89.0 Å². The first-order chi connectivity index (χ1) is 40.8. The van der Waals surface area contributed by atoms with Gasteiger partial charge in [0.15, 0.2) is 0 Å². The Morgan fingerprint density at radius 2 is 0.402 bits per heavy atom. The van der Waals surface area contributed by atoms with Crippen LogP contribution in [0.5, 0.6) is 0 Å². The van der Waals surface area contributed by atoms with Crippen LogP contribution < -0.4 is 9.80 Å². The summed E-state index contributed by atoms with van der Waals surface area (Å²) in [5.74, 6) is 0. The van der Waals surface area contributed by atoms with Crippen LogP contribution in [0.3, 0.4) is 0 Å². The smallest absolute Gasteiger partial charge is 0.0540 e. The number of anilines is 6. The first-order valence-electron chi connectivity index (χ1n) is 28.3. The number of hydrogen-bond donors (Lipinski definition) is 0. The second-order valence-electron chi connectivity index (χ2n) is 21.0. The van der Waals surface area contributed by atoms with E-state index in [1.807, 2.05) is 0 Å². The van der Waals surface area contributed by atoms with Crippen molar-refractivity contribution in [2.45, 2.75) is 0 Å².